The molecule has 2 atom stereocenters. The summed E-state index contributed by atoms with van der Waals surface area (Å²) in [5.41, 5.74) is 2.72. The van der Waals surface area contributed by atoms with Gasteiger partial charge in [-0.15, -0.1) is 0 Å². The molecule has 0 N–H and O–H groups in total. The van der Waals surface area contributed by atoms with Crippen LogP contribution in [0.5, 0.6) is 5.75 Å². The molecule has 0 saturated heterocycles. The minimum atomic E-state index is -0.406. The van der Waals surface area contributed by atoms with Crippen LogP contribution in [-0.2, 0) is 9.63 Å². The summed E-state index contributed by atoms with van der Waals surface area (Å²) in [6.07, 6.45) is 0. The molecule has 0 bridgehead atoms. The van der Waals surface area contributed by atoms with Gasteiger partial charge < -0.3 is 9.57 Å². The van der Waals surface area contributed by atoms with Gasteiger partial charge in [-0.2, -0.15) is 0 Å². The largest absolute Gasteiger partial charge is 0.487 e. The number of nitrogens with zero attached hydrogens (tertiary/aromatic N) is 1. The van der Waals surface area contributed by atoms with E-state index in [0.717, 1.165) is 16.9 Å². The van der Waals surface area contributed by atoms with Crippen molar-refractivity contribution in [2.75, 3.05) is 6.61 Å². The molecule has 0 fully saturated rings. The Bertz CT molecular complexity index is 724. The summed E-state index contributed by atoms with van der Waals surface area (Å²) in [6.45, 7) is 0.288. The number of benzene rings is 2. The van der Waals surface area contributed by atoms with E-state index in [2.05, 4.69) is 5.16 Å². The standard InChI is InChI=1S/C17H13NO3/c19-17-16-13(18-21-17)10-20-14-9-5-4-8-12(14)15(16)11-6-2-1-3-7-11/h1-9,15-16H,10H2. The van der Waals surface area contributed by atoms with Crippen molar-refractivity contribution in [3.8, 4) is 5.75 Å². The number of para-hydroxylation sites is 1. The topological polar surface area (TPSA) is 47.9 Å². The smallest absolute Gasteiger partial charge is 0.344 e. The highest BCUT2D eigenvalue weighted by Gasteiger charge is 2.43. The predicted molar refractivity (Wildman–Crippen MR) is 77.2 cm³/mol. The average molecular weight is 279 g/mol. The lowest BCUT2D eigenvalue weighted by atomic mass is 9.79. The molecular weight excluding hydrogens is 266 g/mol. The van der Waals surface area contributed by atoms with E-state index in [4.69, 9.17) is 9.57 Å². The van der Waals surface area contributed by atoms with E-state index in [1.54, 1.807) is 0 Å². The van der Waals surface area contributed by atoms with Crippen molar-refractivity contribution in [3.63, 3.8) is 0 Å². The summed E-state index contributed by atoms with van der Waals surface area (Å²) in [7, 11) is 0. The molecule has 21 heavy (non-hydrogen) atoms. The first-order valence-electron chi connectivity index (χ1n) is 6.89. The van der Waals surface area contributed by atoms with Crippen LogP contribution < -0.4 is 4.74 Å². The van der Waals surface area contributed by atoms with Crippen molar-refractivity contribution < 1.29 is 14.4 Å². The third-order valence-corrected chi connectivity index (χ3v) is 3.99. The van der Waals surface area contributed by atoms with Crippen molar-refractivity contribution in [2.45, 2.75) is 5.92 Å². The molecule has 0 aromatic heterocycles. The van der Waals surface area contributed by atoms with Crippen molar-refractivity contribution in [2.24, 2.45) is 11.1 Å². The molecule has 0 aliphatic carbocycles. The van der Waals surface area contributed by atoms with Crippen LogP contribution in [0.3, 0.4) is 0 Å². The van der Waals surface area contributed by atoms with Gasteiger partial charge in [-0.05, 0) is 11.6 Å². The fourth-order valence-electron chi connectivity index (χ4n) is 3.03. The third-order valence-electron chi connectivity index (χ3n) is 3.99. The zero-order valence-corrected chi connectivity index (χ0v) is 11.2. The lowest BCUT2D eigenvalue weighted by Gasteiger charge is -2.21. The van der Waals surface area contributed by atoms with Crippen LogP contribution in [0.2, 0.25) is 0 Å². The number of oxime groups is 1. The van der Waals surface area contributed by atoms with Gasteiger partial charge in [-0.1, -0.05) is 53.7 Å². The molecular formula is C17H13NO3. The summed E-state index contributed by atoms with van der Waals surface area (Å²) >= 11 is 0. The van der Waals surface area contributed by atoms with Crippen LogP contribution in [-0.4, -0.2) is 18.3 Å². The van der Waals surface area contributed by atoms with Gasteiger partial charge in [-0.25, -0.2) is 4.79 Å². The second-order valence-corrected chi connectivity index (χ2v) is 5.19. The Morgan fingerprint density at radius 2 is 1.71 bits per heavy atom. The number of carbonyl (C=O) groups is 1. The lowest BCUT2D eigenvalue weighted by Crippen LogP contribution is -2.27. The van der Waals surface area contributed by atoms with Crippen molar-refractivity contribution >= 4 is 11.7 Å². The Morgan fingerprint density at radius 1 is 0.952 bits per heavy atom. The van der Waals surface area contributed by atoms with E-state index >= 15 is 0 Å². The average Bonchev–Trinajstić information content (AvgIpc) is 2.80. The Morgan fingerprint density at radius 3 is 2.57 bits per heavy atom. The van der Waals surface area contributed by atoms with Gasteiger partial charge in [0.15, 0.2) is 0 Å². The number of hydrogen-bond donors (Lipinski definition) is 0. The minimum absolute atomic E-state index is 0.126. The van der Waals surface area contributed by atoms with E-state index in [0.29, 0.717) is 5.71 Å². The summed E-state index contributed by atoms with van der Waals surface area (Å²) in [5, 5.41) is 3.90. The zero-order valence-electron chi connectivity index (χ0n) is 11.2. The van der Waals surface area contributed by atoms with Crippen molar-refractivity contribution in [3.05, 3.63) is 65.7 Å². The molecule has 2 heterocycles. The van der Waals surface area contributed by atoms with Gasteiger partial charge in [0.05, 0.1) is 0 Å². The highest BCUT2D eigenvalue weighted by molar-refractivity contribution is 6.07. The van der Waals surface area contributed by atoms with E-state index in [1.165, 1.54) is 0 Å². The predicted octanol–water partition coefficient (Wildman–Crippen LogP) is 2.74. The monoisotopic (exact) mass is 279 g/mol. The number of hydrogen-bond acceptors (Lipinski definition) is 4. The van der Waals surface area contributed by atoms with Crippen LogP contribution in [0.15, 0.2) is 59.8 Å². The van der Waals surface area contributed by atoms with Crippen LogP contribution in [0.4, 0.5) is 0 Å². The van der Waals surface area contributed by atoms with Gasteiger partial charge >= 0.3 is 5.97 Å². The Kier molecular flexibility index (Phi) is 2.74. The Labute approximate surface area is 122 Å². The maximum atomic E-state index is 12.2. The number of carbonyl (C=O) groups excluding carboxylic acids is 1. The van der Waals surface area contributed by atoms with Crippen molar-refractivity contribution in [1.82, 2.24) is 0 Å². The quantitative estimate of drug-likeness (QED) is 0.754. The van der Waals surface area contributed by atoms with E-state index < -0.39 is 5.92 Å². The molecule has 4 rings (SSSR count). The van der Waals surface area contributed by atoms with Crippen LogP contribution in [0, 0.1) is 5.92 Å². The highest BCUT2D eigenvalue weighted by atomic mass is 16.7. The molecule has 2 unspecified atom stereocenters. The van der Waals surface area contributed by atoms with E-state index in [1.807, 2.05) is 54.6 Å². The molecule has 4 nitrogen and oxygen atoms in total. The van der Waals surface area contributed by atoms with E-state index in [9.17, 15) is 4.79 Å². The fourth-order valence-corrected chi connectivity index (χ4v) is 3.03. The van der Waals surface area contributed by atoms with Crippen LogP contribution in [0.25, 0.3) is 0 Å². The fraction of sp³-hybridized carbons (Fsp3) is 0.176. The highest BCUT2D eigenvalue weighted by Crippen LogP contribution is 2.42. The Hall–Kier alpha value is -2.62. The van der Waals surface area contributed by atoms with Gasteiger partial charge in [0.1, 0.15) is 24.0 Å². The third kappa shape index (κ3) is 1.91. The molecule has 0 radical (unpaired) electrons. The summed E-state index contributed by atoms with van der Waals surface area (Å²) in [5.74, 6) is -0.0369. The molecule has 0 saturated carbocycles. The number of ether oxygens (including phenoxy) is 1. The molecule has 2 aliphatic heterocycles. The van der Waals surface area contributed by atoms with Gasteiger partial charge in [0, 0.05) is 11.5 Å². The molecule has 2 aliphatic rings. The first-order valence-corrected chi connectivity index (χ1v) is 6.89. The van der Waals surface area contributed by atoms with Gasteiger partial charge in [-0.3, -0.25) is 0 Å². The second-order valence-electron chi connectivity index (χ2n) is 5.19. The minimum Gasteiger partial charge on any atom is -0.487 e. The number of rotatable bonds is 1. The molecule has 4 heteroatoms. The number of fused-ring (bicyclic) bond motifs is 2. The van der Waals surface area contributed by atoms with E-state index in [-0.39, 0.29) is 18.5 Å². The summed E-state index contributed by atoms with van der Waals surface area (Å²) in [4.78, 5) is 17.1. The van der Waals surface area contributed by atoms with Gasteiger partial charge in [0.25, 0.3) is 0 Å². The molecule has 2 aromatic carbocycles. The molecule has 104 valence electrons. The first kappa shape index (κ1) is 12.1. The maximum absolute atomic E-state index is 12.2. The molecule has 0 spiro atoms. The van der Waals surface area contributed by atoms with Crippen molar-refractivity contribution in [1.29, 1.82) is 0 Å². The second kappa shape index (κ2) is 4.74. The summed E-state index contributed by atoms with van der Waals surface area (Å²) < 4.78 is 5.80. The van der Waals surface area contributed by atoms with Gasteiger partial charge in [0.2, 0.25) is 0 Å². The first-order chi connectivity index (χ1) is 10.3. The molecule has 2 aromatic rings. The SMILES string of the molecule is O=C1ON=C2COc3ccccc3C(c3ccccc3)C12. The summed E-state index contributed by atoms with van der Waals surface area (Å²) in [6, 6.07) is 17.8. The normalized spacial score (nSPS) is 23.2. The molecule has 0 amide bonds. The van der Waals surface area contributed by atoms with Crippen LogP contribution in [0.1, 0.15) is 17.0 Å². The lowest BCUT2D eigenvalue weighted by molar-refractivity contribution is -0.143. The van der Waals surface area contributed by atoms with Crippen LogP contribution >= 0.6 is 0 Å². The zero-order chi connectivity index (χ0) is 14.2. The maximum Gasteiger partial charge on any atom is 0.344 e. The Balaban J connectivity index is 1.93.